The van der Waals surface area contributed by atoms with Crippen LogP contribution in [0.1, 0.15) is 94.5 Å². The Hall–Kier alpha value is -4.53. The number of aromatic nitrogens is 1. The molecule has 286 valence electrons. The molecule has 3 aromatic carbocycles. The van der Waals surface area contributed by atoms with Crippen molar-refractivity contribution in [2.75, 3.05) is 26.4 Å². The van der Waals surface area contributed by atoms with Gasteiger partial charge in [-0.3, -0.25) is 4.98 Å². The first-order valence-electron chi connectivity index (χ1n) is 19.4. The van der Waals surface area contributed by atoms with Crippen molar-refractivity contribution < 1.29 is 32.9 Å². The number of rotatable bonds is 13. The first-order chi connectivity index (χ1) is 25.9. The van der Waals surface area contributed by atoms with Crippen LogP contribution >= 0.6 is 0 Å². The molecule has 1 fully saturated rings. The molecule has 0 saturated carbocycles. The number of aryl methyl sites for hydroxylation is 2. The lowest BCUT2D eigenvalue weighted by Gasteiger charge is -2.31. The Kier molecular flexibility index (Phi) is 12.9. The van der Waals surface area contributed by atoms with Crippen molar-refractivity contribution >= 4 is 12.0 Å². The van der Waals surface area contributed by atoms with Gasteiger partial charge in [-0.1, -0.05) is 36.4 Å². The third kappa shape index (κ3) is 10.2. The van der Waals surface area contributed by atoms with Crippen LogP contribution in [0.25, 0.3) is 28.3 Å². The Bertz CT molecular complexity index is 1910. The predicted octanol–water partition coefficient (Wildman–Crippen LogP) is 10.4. The highest BCUT2D eigenvalue weighted by Crippen LogP contribution is 2.45. The van der Waals surface area contributed by atoms with E-state index in [9.17, 15) is 9.18 Å². The molecule has 6 rings (SSSR count). The Labute approximate surface area is 319 Å². The van der Waals surface area contributed by atoms with Crippen molar-refractivity contribution in [3.63, 3.8) is 0 Å². The summed E-state index contributed by atoms with van der Waals surface area (Å²) in [6.07, 6.45) is 8.49. The number of carbonyl (C=O) groups is 1. The van der Waals surface area contributed by atoms with Gasteiger partial charge in [0.05, 0.1) is 30.6 Å². The van der Waals surface area contributed by atoms with Crippen LogP contribution in [-0.4, -0.2) is 49.1 Å². The topological polar surface area (TPSA) is 76.1 Å². The molecule has 1 saturated heterocycles. The number of ether oxygens (including phenoxy) is 5. The minimum Gasteiger partial charge on any atom is -0.493 e. The maximum Gasteiger partial charge on any atom is 0.340 e. The molecule has 54 heavy (non-hydrogen) atoms. The highest BCUT2D eigenvalue weighted by molar-refractivity contribution is 5.94. The maximum atomic E-state index is 14.1. The van der Waals surface area contributed by atoms with Gasteiger partial charge in [-0.25, -0.2) is 9.18 Å². The number of hydrogen-bond donors (Lipinski definition) is 0. The highest BCUT2D eigenvalue weighted by atomic mass is 19.1. The molecule has 0 radical (unpaired) electrons. The van der Waals surface area contributed by atoms with Crippen LogP contribution < -0.4 is 9.47 Å². The van der Waals surface area contributed by atoms with Gasteiger partial charge in [-0.05, 0) is 150 Å². The molecule has 4 aromatic rings. The zero-order chi connectivity index (χ0) is 38.2. The lowest BCUT2D eigenvalue weighted by Crippen LogP contribution is -2.31. The van der Waals surface area contributed by atoms with Gasteiger partial charge in [-0.15, -0.1) is 0 Å². The van der Waals surface area contributed by atoms with Gasteiger partial charge in [0.15, 0.2) is 6.10 Å². The predicted molar refractivity (Wildman–Crippen MR) is 211 cm³/mol. The molecule has 1 aromatic heterocycles. The first-order valence-corrected chi connectivity index (χ1v) is 19.4. The Balaban J connectivity index is 1.49. The third-order valence-electron chi connectivity index (χ3n) is 9.75. The van der Waals surface area contributed by atoms with Gasteiger partial charge in [0.1, 0.15) is 17.3 Å². The molecule has 8 heteroatoms. The minimum atomic E-state index is -1.03. The summed E-state index contributed by atoms with van der Waals surface area (Å²) < 4.78 is 43.7. The lowest BCUT2D eigenvalue weighted by molar-refractivity contribution is -0.171. The van der Waals surface area contributed by atoms with Gasteiger partial charge in [-0.2, -0.15) is 0 Å². The number of carbonyl (C=O) groups excluding carboxylic acids is 1. The van der Waals surface area contributed by atoms with Crippen LogP contribution in [0.4, 0.5) is 4.39 Å². The number of esters is 1. The number of benzene rings is 3. The van der Waals surface area contributed by atoms with Gasteiger partial charge in [0.2, 0.25) is 0 Å². The first kappa shape index (κ1) is 39.2. The number of allylic oxidation sites excluding steroid dienone is 1. The average Bonchev–Trinajstić information content (AvgIpc) is 3.14. The van der Waals surface area contributed by atoms with E-state index in [1.165, 1.54) is 12.1 Å². The Morgan fingerprint density at radius 1 is 0.963 bits per heavy atom. The lowest BCUT2D eigenvalue weighted by atomic mass is 9.85. The molecule has 0 N–H and O–H groups in total. The van der Waals surface area contributed by atoms with E-state index in [-0.39, 0.29) is 11.9 Å². The summed E-state index contributed by atoms with van der Waals surface area (Å²) in [5.41, 5.74) is 7.32. The van der Waals surface area contributed by atoms with E-state index >= 15 is 0 Å². The number of halogens is 1. The fourth-order valence-corrected chi connectivity index (χ4v) is 7.17. The van der Waals surface area contributed by atoms with Crippen LogP contribution in [0.15, 0.2) is 72.8 Å². The highest BCUT2D eigenvalue weighted by Gasteiger charge is 2.35. The fraction of sp³-hybridized carbons (Fsp3) is 0.435. The molecule has 0 bridgehead atoms. The summed E-state index contributed by atoms with van der Waals surface area (Å²) in [5.74, 6) is 1.46. The van der Waals surface area contributed by atoms with Crippen molar-refractivity contribution in [3.8, 4) is 33.8 Å². The summed E-state index contributed by atoms with van der Waals surface area (Å²) >= 11 is 0. The molecule has 2 aliphatic heterocycles. The Morgan fingerprint density at radius 3 is 2.39 bits per heavy atom. The molecule has 2 aliphatic rings. The van der Waals surface area contributed by atoms with E-state index in [0.717, 1.165) is 95.9 Å². The largest absolute Gasteiger partial charge is 0.493 e. The van der Waals surface area contributed by atoms with Crippen molar-refractivity contribution in [1.29, 1.82) is 0 Å². The minimum absolute atomic E-state index is 0.252. The van der Waals surface area contributed by atoms with E-state index in [4.69, 9.17) is 28.7 Å². The van der Waals surface area contributed by atoms with Crippen LogP contribution in [0.3, 0.4) is 0 Å². The van der Waals surface area contributed by atoms with Crippen LogP contribution in [-0.2, 0) is 31.8 Å². The quantitative estimate of drug-likeness (QED) is 0.127. The second-order valence-electron chi connectivity index (χ2n) is 15.6. The summed E-state index contributed by atoms with van der Waals surface area (Å²) in [6, 6.07) is 20.9. The van der Waals surface area contributed by atoms with Crippen molar-refractivity contribution in [1.82, 2.24) is 4.98 Å². The van der Waals surface area contributed by atoms with Crippen molar-refractivity contribution in [2.24, 2.45) is 5.92 Å². The van der Waals surface area contributed by atoms with Gasteiger partial charge < -0.3 is 23.7 Å². The van der Waals surface area contributed by atoms with Crippen molar-refractivity contribution in [2.45, 2.75) is 97.9 Å². The molecular formula is C46H54FNO6. The summed E-state index contributed by atoms with van der Waals surface area (Å²) in [5, 5.41) is 0. The van der Waals surface area contributed by atoms with Crippen LogP contribution in [0.2, 0.25) is 0 Å². The molecule has 0 amide bonds. The van der Waals surface area contributed by atoms with E-state index in [2.05, 4.69) is 36.4 Å². The maximum absolute atomic E-state index is 14.1. The molecule has 0 spiro atoms. The van der Waals surface area contributed by atoms with E-state index < -0.39 is 17.7 Å². The number of fused-ring (bicyclic) bond motifs is 1. The van der Waals surface area contributed by atoms with Crippen molar-refractivity contribution in [3.05, 3.63) is 107 Å². The summed E-state index contributed by atoms with van der Waals surface area (Å²) in [6.45, 7) is 14.2. The van der Waals surface area contributed by atoms with Crippen LogP contribution in [0.5, 0.6) is 11.5 Å². The molecule has 1 atom stereocenters. The second-order valence-corrected chi connectivity index (χ2v) is 15.6. The zero-order valence-electron chi connectivity index (χ0n) is 32.6. The number of hydrogen-bond acceptors (Lipinski definition) is 7. The molecular weight excluding hydrogens is 682 g/mol. The van der Waals surface area contributed by atoms with Gasteiger partial charge in [0.25, 0.3) is 0 Å². The van der Waals surface area contributed by atoms with E-state index in [1.54, 1.807) is 12.1 Å². The fourth-order valence-electron chi connectivity index (χ4n) is 7.17. The molecule has 1 unspecified atom stereocenters. The SMILES string of the molecule is Cc1nc(/C=C/CC2CCOCC2)c(-c2ccc(OCCc3ccc(F)cc3)cc2)c(-c2ccc3c(c2)CCCO3)c1C(OC(C)(C)C)C(=O)OC(C)C. The van der Waals surface area contributed by atoms with Crippen LogP contribution in [0, 0.1) is 18.7 Å². The van der Waals surface area contributed by atoms with Gasteiger partial charge in [0, 0.05) is 36.5 Å². The standard InChI is InChI=1S/C46H54FNO6/c1-30(2)53-45(49)44(54-46(4,5)6)41-31(3)48-39(11-7-9-32-22-26-50-27-23-32)42(43(41)36-16-21-40-35(29-36)10-8-25-52-40)34-14-19-38(20-15-34)51-28-24-33-12-17-37(47)18-13-33/h7,11-21,29-30,32,44H,8-10,22-28H2,1-6H3/b11-7+. The number of pyridine rings is 1. The van der Waals surface area contributed by atoms with E-state index in [1.807, 2.05) is 59.7 Å². The monoisotopic (exact) mass is 735 g/mol. The molecule has 3 heterocycles. The Morgan fingerprint density at radius 2 is 1.69 bits per heavy atom. The normalized spacial score (nSPS) is 15.6. The third-order valence-corrected chi connectivity index (χ3v) is 9.75. The van der Waals surface area contributed by atoms with Gasteiger partial charge >= 0.3 is 5.97 Å². The number of nitrogens with zero attached hydrogens (tertiary/aromatic N) is 1. The van der Waals surface area contributed by atoms with E-state index in [0.29, 0.717) is 36.8 Å². The summed E-state index contributed by atoms with van der Waals surface area (Å²) in [7, 11) is 0. The second kappa shape index (κ2) is 17.7. The molecule has 7 nitrogen and oxygen atoms in total. The summed E-state index contributed by atoms with van der Waals surface area (Å²) in [4.78, 5) is 19.3. The smallest absolute Gasteiger partial charge is 0.340 e. The molecule has 0 aliphatic carbocycles. The zero-order valence-corrected chi connectivity index (χ0v) is 32.6. The average molecular weight is 736 g/mol.